The fourth-order valence-corrected chi connectivity index (χ4v) is 8.26. The zero-order valence-electron chi connectivity index (χ0n) is 38.6. The fraction of sp³-hybridized carbons (Fsp3) is 0.204. The molecule has 369 valence electrons. The van der Waals surface area contributed by atoms with Crippen molar-refractivity contribution in [1.82, 2.24) is 59.8 Å². The van der Waals surface area contributed by atoms with Crippen molar-refractivity contribution in [3.8, 4) is 17.3 Å². The number of nitrogens with one attached hydrogen (secondary N) is 4. The van der Waals surface area contributed by atoms with Gasteiger partial charge in [0.05, 0.1) is 55.6 Å². The van der Waals surface area contributed by atoms with E-state index in [4.69, 9.17) is 22.6 Å². The van der Waals surface area contributed by atoms with Crippen molar-refractivity contribution >= 4 is 56.7 Å². The standard InChI is InChI=1S/C25H21N7O3.C22H19N5O3.C2H3N3.ClH.Cu/c1-26-21(16-6-4-3-5-7-16)17-8-10-31(11-9-17)25(34)23(33)18-12-28-22-20(18)19(35-2)13-29-24(22)32-15-27-14-30-32;1-23-19(14-6-4-3-5-7-14)15-8-10-27(11-9-15)22(29)20(28)16-12-24-21-18(16)17(30-2)13-25-26-21;1-3-2-5-4-1;;/h3-7,12-15,28H,8-11H2,2H3;3-7,12-13H,8-11H2,2H3,(H,24,26);1-2H,(H,3,4,5);1H;. The summed E-state index contributed by atoms with van der Waals surface area (Å²) in [5, 5.41) is 17.7. The summed E-state index contributed by atoms with van der Waals surface area (Å²) in [6, 6.07) is 19.1. The summed E-state index contributed by atoms with van der Waals surface area (Å²) in [4.78, 5) is 80.6. The number of piperidine rings is 2. The van der Waals surface area contributed by atoms with E-state index >= 15 is 0 Å². The molecule has 2 aliphatic heterocycles. The van der Waals surface area contributed by atoms with E-state index in [1.54, 1.807) is 9.80 Å². The Kier molecular flexibility index (Phi) is 18.0. The second kappa shape index (κ2) is 24.6. The van der Waals surface area contributed by atoms with Crippen molar-refractivity contribution in [1.29, 1.82) is 0 Å². The number of nitrogens with zero attached hydrogens (tertiary/aromatic N) is 11. The van der Waals surface area contributed by atoms with Gasteiger partial charge < -0.3 is 36.7 Å². The number of amides is 2. The molecule has 0 spiro atoms. The van der Waals surface area contributed by atoms with Gasteiger partial charge in [-0.15, -0.1) is 5.10 Å². The first-order valence-corrected chi connectivity index (χ1v) is 21.8. The summed E-state index contributed by atoms with van der Waals surface area (Å²) < 4.78 is 12.2. The molecular formula is C49H44ClCuN15O6. The Morgan fingerprint density at radius 2 is 1.22 bits per heavy atom. The largest absolute Gasteiger partial charge is 1.00 e. The molecular weight excluding hydrogens is 994 g/mol. The van der Waals surface area contributed by atoms with Crippen LogP contribution in [0.1, 0.15) is 57.5 Å². The van der Waals surface area contributed by atoms with E-state index in [-0.39, 0.29) is 40.6 Å². The Labute approximate surface area is 428 Å². The minimum Gasteiger partial charge on any atom is -1.00 e. The van der Waals surface area contributed by atoms with Gasteiger partial charge in [-0.3, -0.25) is 24.3 Å². The van der Waals surface area contributed by atoms with Crippen molar-refractivity contribution in [2.45, 2.75) is 25.7 Å². The number of H-pyrrole nitrogens is 4. The summed E-state index contributed by atoms with van der Waals surface area (Å²) in [5.41, 5.74) is 6.51. The number of carbonyl (C=O) groups is 4. The molecule has 0 atom stereocenters. The number of pyridine rings is 1. The zero-order valence-corrected chi connectivity index (χ0v) is 40.3. The monoisotopic (exact) mass is 1040 g/mol. The molecule has 2 aliphatic rings. The molecule has 0 unspecified atom stereocenters. The van der Waals surface area contributed by atoms with Gasteiger partial charge in [0.2, 0.25) is 0 Å². The summed E-state index contributed by atoms with van der Waals surface area (Å²) in [6.07, 6.45) is 14.0. The smallest absolute Gasteiger partial charge is 0.309 e. The minimum atomic E-state index is -0.633. The van der Waals surface area contributed by atoms with Crippen LogP contribution in [0.3, 0.4) is 0 Å². The predicted octanol–water partition coefficient (Wildman–Crippen LogP) is 2.62. The molecule has 10 rings (SSSR count). The Bertz CT molecular complexity index is 3290. The van der Waals surface area contributed by atoms with Gasteiger partial charge in [0.15, 0.2) is 23.0 Å². The van der Waals surface area contributed by atoms with Crippen LogP contribution < -0.4 is 27.0 Å². The number of aromatic amines is 4. The Morgan fingerprint density at radius 1 is 0.694 bits per heavy atom. The van der Waals surface area contributed by atoms with Crippen LogP contribution in [0.5, 0.6) is 11.5 Å². The van der Waals surface area contributed by atoms with Crippen LogP contribution in [-0.4, -0.2) is 124 Å². The quantitative estimate of drug-likeness (QED) is 0.0818. The van der Waals surface area contributed by atoms with Gasteiger partial charge >= 0.3 is 5.65 Å². The van der Waals surface area contributed by atoms with Crippen molar-refractivity contribution in [2.24, 2.45) is 0 Å². The zero-order chi connectivity index (χ0) is 49.0. The van der Waals surface area contributed by atoms with E-state index in [0.29, 0.717) is 103 Å². The number of ether oxygens (including phenoxy) is 2. The van der Waals surface area contributed by atoms with Crippen LogP contribution in [-0.2, 0) is 26.7 Å². The third-order valence-corrected chi connectivity index (χ3v) is 11.7. The molecule has 21 nitrogen and oxygen atoms in total. The first-order valence-electron chi connectivity index (χ1n) is 21.8. The number of hydrogen-bond donors (Lipinski definition) is 3. The number of benzene rings is 2. The second-order valence-electron chi connectivity index (χ2n) is 15.6. The number of aromatic nitrogens is 11. The molecule has 0 bridgehead atoms. The maximum atomic E-state index is 13.3. The van der Waals surface area contributed by atoms with E-state index in [1.165, 1.54) is 69.0 Å². The molecule has 2 aromatic carbocycles. The topological polar surface area (TPSA) is 246 Å². The number of methoxy groups -OCH3 is 2. The molecule has 2 saturated heterocycles. The number of ketones is 2. The Hall–Kier alpha value is -8.82. The molecule has 23 heteroatoms. The number of rotatable bonds is 9. The number of halogens is 1. The van der Waals surface area contributed by atoms with E-state index < -0.39 is 23.4 Å². The molecule has 1 radical (unpaired) electrons. The fourth-order valence-electron chi connectivity index (χ4n) is 8.26. The average molecular weight is 1040 g/mol. The van der Waals surface area contributed by atoms with Gasteiger partial charge in [0.1, 0.15) is 48.8 Å². The Morgan fingerprint density at radius 3 is 1.68 bits per heavy atom. The number of Topliss-reactive ketones (excluding diaryl/α,β-unsaturated/α-hetero) is 2. The number of fused-ring (bicyclic) bond motifs is 2. The summed E-state index contributed by atoms with van der Waals surface area (Å²) in [5.74, 6) is -1.16. The molecule has 4 N–H and O–H groups in total. The van der Waals surface area contributed by atoms with Crippen LogP contribution in [0.25, 0.3) is 48.8 Å². The SMILES string of the molecule is [C-]#[N+]C(=C1CCN(C(=O)C(=O)c2c[nH]c3[nH+]ncc(OC)c23)CC1)c1ccccc1.[C-]#[N+]C(=C1CCN(C(=O)C(=O)c2c[nH]c3c(-n4cncn4)ncc(OC)c23)CC1)c1ccccc1.[Cl-].[Cu].c1nc[nH]n1. The van der Waals surface area contributed by atoms with Gasteiger partial charge in [-0.1, -0.05) is 76.9 Å². The van der Waals surface area contributed by atoms with Crippen LogP contribution in [0.2, 0.25) is 0 Å². The first-order chi connectivity index (χ1) is 34.3. The van der Waals surface area contributed by atoms with Crippen LogP contribution >= 0.6 is 0 Å². The van der Waals surface area contributed by atoms with E-state index in [2.05, 4.69) is 60.1 Å². The van der Waals surface area contributed by atoms with Crippen molar-refractivity contribution in [3.63, 3.8) is 0 Å². The van der Waals surface area contributed by atoms with Gasteiger partial charge in [0.25, 0.3) is 23.4 Å². The maximum absolute atomic E-state index is 13.3. The van der Waals surface area contributed by atoms with E-state index in [0.717, 1.165) is 22.3 Å². The van der Waals surface area contributed by atoms with Gasteiger partial charge in [-0.25, -0.2) is 34.3 Å². The van der Waals surface area contributed by atoms with Crippen LogP contribution in [0.15, 0.2) is 122 Å². The molecule has 0 aliphatic carbocycles. The molecule has 72 heavy (non-hydrogen) atoms. The number of likely N-dealkylation sites (tertiary alicyclic amines) is 2. The number of hydrogen-bond acceptors (Lipinski definition) is 12. The van der Waals surface area contributed by atoms with Gasteiger partial charge in [-0.05, 0) is 36.8 Å². The summed E-state index contributed by atoms with van der Waals surface area (Å²) in [7, 11) is 2.97. The summed E-state index contributed by atoms with van der Waals surface area (Å²) >= 11 is 0. The predicted molar refractivity (Wildman–Crippen MR) is 253 cm³/mol. The van der Waals surface area contributed by atoms with Crippen molar-refractivity contribution in [3.05, 3.63) is 167 Å². The first kappa shape index (κ1) is 52.5. The molecule has 2 fully saturated rings. The van der Waals surface area contributed by atoms with Crippen molar-refractivity contribution in [2.75, 3.05) is 40.4 Å². The maximum Gasteiger partial charge on any atom is 0.309 e. The molecule has 8 heterocycles. The molecule has 8 aromatic rings. The van der Waals surface area contributed by atoms with Gasteiger partial charge in [0, 0.05) is 49.4 Å². The normalized spacial score (nSPS) is 12.8. The average Bonchev–Trinajstić information content (AvgIpc) is 4.29. The molecule has 2 amide bonds. The van der Waals surface area contributed by atoms with E-state index in [9.17, 15) is 19.2 Å². The van der Waals surface area contributed by atoms with Crippen LogP contribution in [0.4, 0.5) is 0 Å². The van der Waals surface area contributed by atoms with Gasteiger partial charge in [-0.2, -0.15) is 10.2 Å². The van der Waals surface area contributed by atoms with E-state index in [1.807, 2.05) is 60.7 Å². The second-order valence-corrected chi connectivity index (χ2v) is 15.6. The third kappa shape index (κ3) is 11.3. The van der Waals surface area contributed by atoms with Crippen LogP contribution in [0, 0.1) is 13.1 Å². The minimum absolute atomic E-state index is 0. The molecule has 0 saturated carbocycles. The van der Waals surface area contributed by atoms with Crippen molar-refractivity contribution < 1.29 is 63.2 Å². The molecule has 6 aromatic heterocycles. The Balaban J connectivity index is 0.000000211. The summed E-state index contributed by atoms with van der Waals surface area (Å²) in [6.45, 7) is 16.7. The third-order valence-electron chi connectivity index (χ3n) is 11.7. The number of carbonyl (C=O) groups excluding carboxylic acids is 4.